The van der Waals surface area contributed by atoms with E-state index in [2.05, 4.69) is 10.6 Å². The van der Waals surface area contributed by atoms with Crippen LogP contribution in [0.1, 0.15) is 18.9 Å². The van der Waals surface area contributed by atoms with E-state index >= 15 is 0 Å². The van der Waals surface area contributed by atoms with Crippen molar-refractivity contribution in [1.82, 2.24) is 5.32 Å². The molecule has 0 radical (unpaired) electrons. The minimum atomic E-state index is -0.326. The Kier molecular flexibility index (Phi) is 3.40. The van der Waals surface area contributed by atoms with Gasteiger partial charge in [-0.1, -0.05) is 17.7 Å². The molecule has 1 aliphatic heterocycles. The van der Waals surface area contributed by atoms with Gasteiger partial charge in [0.1, 0.15) is 0 Å². The third-order valence-corrected chi connectivity index (χ3v) is 3.62. The van der Waals surface area contributed by atoms with E-state index in [0.717, 1.165) is 25.1 Å². The average molecular weight is 253 g/mol. The van der Waals surface area contributed by atoms with E-state index in [1.165, 1.54) is 0 Å². The molecule has 1 aromatic carbocycles. The number of nitrogens with one attached hydrogen (secondary N) is 2. The lowest BCUT2D eigenvalue weighted by Gasteiger charge is -2.22. The number of hydrogen-bond donors (Lipinski definition) is 2. The van der Waals surface area contributed by atoms with Gasteiger partial charge < -0.3 is 10.6 Å². The molecule has 1 aromatic rings. The number of carbonyl (C=O) groups excluding carboxylic acids is 1. The van der Waals surface area contributed by atoms with Gasteiger partial charge in [-0.3, -0.25) is 4.79 Å². The number of amides is 1. The second-order valence-electron chi connectivity index (χ2n) is 4.92. The Morgan fingerprint density at radius 1 is 1.53 bits per heavy atom. The Hall–Kier alpha value is -1.06. The van der Waals surface area contributed by atoms with Gasteiger partial charge in [0.2, 0.25) is 5.91 Å². The molecule has 1 atom stereocenters. The fraction of sp³-hybridized carbons (Fsp3) is 0.462. The molecule has 1 amide bonds. The SMILES string of the molecule is Cc1ccc(Cl)c(NC(=O)C2(C)CCNC2)c1. The van der Waals surface area contributed by atoms with Crippen LogP contribution in [-0.4, -0.2) is 19.0 Å². The summed E-state index contributed by atoms with van der Waals surface area (Å²) in [5.74, 6) is 0.0370. The Labute approximate surface area is 107 Å². The first-order valence-electron chi connectivity index (χ1n) is 5.80. The highest BCUT2D eigenvalue weighted by Gasteiger charge is 2.36. The molecule has 1 fully saturated rings. The summed E-state index contributed by atoms with van der Waals surface area (Å²) in [5, 5.41) is 6.72. The van der Waals surface area contributed by atoms with Gasteiger partial charge in [0, 0.05) is 6.54 Å². The van der Waals surface area contributed by atoms with Crippen molar-refractivity contribution in [3.8, 4) is 0 Å². The second-order valence-corrected chi connectivity index (χ2v) is 5.33. The zero-order valence-corrected chi connectivity index (χ0v) is 10.9. The summed E-state index contributed by atoms with van der Waals surface area (Å²) in [6.07, 6.45) is 0.863. The molecular formula is C13H17ClN2O. The van der Waals surface area contributed by atoms with Crippen LogP contribution in [0.5, 0.6) is 0 Å². The molecule has 1 saturated heterocycles. The lowest BCUT2D eigenvalue weighted by atomic mass is 9.88. The summed E-state index contributed by atoms with van der Waals surface area (Å²) in [6.45, 7) is 5.57. The first-order chi connectivity index (χ1) is 8.01. The van der Waals surface area contributed by atoms with Crippen molar-refractivity contribution in [2.45, 2.75) is 20.3 Å². The number of hydrogen-bond acceptors (Lipinski definition) is 2. The first-order valence-corrected chi connectivity index (χ1v) is 6.17. The number of carbonyl (C=O) groups is 1. The fourth-order valence-electron chi connectivity index (χ4n) is 2.02. The molecule has 2 rings (SSSR count). The highest BCUT2D eigenvalue weighted by Crippen LogP contribution is 2.29. The minimum absolute atomic E-state index is 0.0370. The number of halogens is 1. The van der Waals surface area contributed by atoms with Crippen LogP contribution in [0.2, 0.25) is 5.02 Å². The van der Waals surface area contributed by atoms with Crippen molar-refractivity contribution >= 4 is 23.2 Å². The largest absolute Gasteiger partial charge is 0.324 e. The fourth-order valence-corrected chi connectivity index (χ4v) is 2.18. The van der Waals surface area contributed by atoms with Crippen LogP contribution in [-0.2, 0) is 4.79 Å². The third kappa shape index (κ3) is 2.61. The zero-order chi connectivity index (χ0) is 12.5. The summed E-state index contributed by atoms with van der Waals surface area (Å²) in [7, 11) is 0. The van der Waals surface area contributed by atoms with Crippen LogP contribution < -0.4 is 10.6 Å². The van der Waals surface area contributed by atoms with Gasteiger partial charge in [0.15, 0.2) is 0 Å². The van der Waals surface area contributed by atoms with E-state index in [4.69, 9.17) is 11.6 Å². The lowest BCUT2D eigenvalue weighted by Crippen LogP contribution is -2.35. The second kappa shape index (κ2) is 4.67. The summed E-state index contributed by atoms with van der Waals surface area (Å²) in [5.41, 5.74) is 1.46. The standard InChI is InChI=1S/C13H17ClN2O/c1-9-3-4-10(14)11(7-9)16-12(17)13(2)5-6-15-8-13/h3-4,7,15H,5-6,8H2,1-2H3,(H,16,17). The van der Waals surface area contributed by atoms with Crippen molar-refractivity contribution in [3.05, 3.63) is 28.8 Å². The van der Waals surface area contributed by atoms with Crippen LogP contribution in [0.25, 0.3) is 0 Å². The van der Waals surface area contributed by atoms with Gasteiger partial charge in [-0.2, -0.15) is 0 Å². The zero-order valence-electron chi connectivity index (χ0n) is 10.1. The van der Waals surface area contributed by atoms with Gasteiger partial charge in [0.25, 0.3) is 0 Å². The Morgan fingerprint density at radius 3 is 2.94 bits per heavy atom. The Bertz CT molecular complexity index is 439. The maximum atomic E-state index is 12.2. The van der Waals surface area contributed by atoms with Crippen molar-refractivity contribution in [2.24, 2.45) is 5.41 Å². The predicted octanol–water partition coefficient (Wildman–Crippen LogP) is 2.59. The number of anilines is 1. The Balaban J connectivity index is 2.15. The number of aryl methyl sites for hydroxylation is 1. The van der Waals surface area contributed by atoms with E-state index < -0.39 is 0 Å². The maximum absolute atomic E-state index is 12.2. The van der Waals surface area contributed by atoms with Gasteiger partial charge >= 0.3 is 0 Å². The molecule has 1 unspecified atom stereocenters. The molecule has 0 spiro atoms. The molecule has 3 nitrogen and oxygen atoms in total. The molecule has 0 aromatic heterocycles. The first kappa shape index (κ1) is 12.4. The van der Waals surface area contributed by atoms with Crippen molar-refractivity contribution in [2.75, 3.05) is 18.4 Å². The van der Waals surface area contributed by atoms with Crippen LogP contribution in [0, 0.1) is 12.3 Å². The van der Waals surface area contributed by atoms with Crippen molar-refractivity contribution in [1.29, 1.82) is 0 Å². The number of benzene rings is 1. The molecular weight excluding hydrogens is 236 g/mol. The molecule has 2 N–H and O–H groups in total. The molecule has 1 heterocycles. The monoisotopic (exact) mass is 252 g/mol. The topological polar surface area (TPSA) is 41.1 Å². The Morgan fingerprint density at radius 2 is 2.29 bits per heavy atom. The van der Waals surface area contributed by atoms with Crippen LogP contribution in [0.15, 0.2) is 18.2 Å². The molecule has 1 aliphatic rings. The van der Waals surface area contributed by atoms with E-state index in [1.807, 2.05) is 32.0 Å². The highest BCUT2D eigenvalue weighted by molar-refractivity contribution is 6.33. The maximum Gasteiger partial charge on any atom is 0.231 e. The van der Waals surface area contributed by atoms with Crippen LogP contribution in [0.3, 0.4) is 0 Å². The molecule has 17 heavy (non-hydrogen) atoms. The highest BCUT2D eigenvalue weighted by atomic mass is 35.5. The summed E-state index contributed by atoms with van der Waals surface area (Å²) < 4.78 is 0. The lowest BCUT2D eigenvalue weighted by molar-refractivity contribution is -0.123. The van der Waals surface area contributed by atoms with Gasteiger partial charge in [-0.15, -0.1) is 0 Å². The molecule has 0 aliphatic carbocycles. The molecule has 0 bridgehead atoms. The van der Waals surface area contributed by atoms with E-state index in [-0.39, 0.29) is 11.3 Å². The van der Waals surface area contributed by atoms with Crippen LogP contribution >= 0.6 is 11.6 Å². The van der Waals surface area contributed by atoms with E-state index in [0.29, 0.717) is 10.7 Å². The van der Waals surface area contributed by atoms with Gasteiger partial charge in [-0.25, -0.2) is 0 Å². The molecule has 4 heteroatoms. The van der Waals surface area contributed by atoms with E-state index in [9.17, 15) is 4.79 Å². The average Bonchev–Trinajstić information content (AvgIpc) is 2.72. The molecule has 92 valence electrons. The van der Waals surface area contributed by atoms with E-state index in [1.54, 1.807) is 0 Å². The van der Waals surface area contributed by atoms with Crippen LogP contribution in [0.4, 0.5) is 5.69 Å². The van der Waals surface area contributed by atoms with Gasteiger partial charge in [0.05, 0.1) is 16.1 Å². The van der Waals surface area contributed by atoms with Gasteiger partial charge in [-0.05, 0) is 44.5 Å². The summed E-state index contributed by atoms with van der Waals surface area (Å²) in [6, 6.07) is 5.63. The number of rotatable bonds is 2. The summed E-state index contributed by atoms with van der Waals surface area (Å²) >= 11 is 6.06. The summed E-state index contributed by atoms with van der Waals surface area (Å²) in [4.78, 5) is 12.2. The predicted molar refractivity (Wildman–Crippen MR) is 70.4 cm³/mol. The van der Waals surface area contributed by atoms with Crippen molar-refractivity contribution in [3.63, 3.8) is 0 Å². The molecule has 0 saturated carbocycles. The normalized spacial score (nSPS) is 23.7. The smallest absolute Gasteiger partial charge is 0.231 e. The minimum Gasteiger partial charge on any atom is -0.324 e. The third-order valence-electron chi connectivity index (χ3n) is 3.29. The van der Waals surface area contributed by atoms with Crippen molar-refractivity contribution < 1.29 is 4.79 Å². The quantitative estimate of drug-likeness (QED) is 0.850.